The molecule has 1 aliphatic heterocycles. The Morgan fingerprint density at radius 3 is 2.53 bits per heavy atom. The van der Waals surface area contributed by atoms with Gasteiger partial charge in [0.25, 0.3) is 0 Å². The molecule has 0 amide bonds. The molecule has 0 saturated carbocycles. The average molecular weight is 261 g/mol. The summed E-state index contributed by atoms with van der Waals surface area (Å²) in [5, 5.41) is 13.6. The van der Waals surface area contributed by atoms with Crippen LogP contribution in [0, 0.1) is 24.2 Å². The highest BCUT2D eigenvalue weighted by Crippen LogP contribution is 2.27. The molecule has 0 atom stereocenters. The highest BCUT2D eigenvalue weighted by molar-refractivity contribution is 5.57. The van der Waals surface area contributed by atoms with Crippen LogP contribution in [0.3, 0.4) is 0 Å². The Morgan fingerprint density at radius 2 is 2.00 bits per heavy atom. The van der Waals surface area contributed by atoms with Gasteiger partial charge >= 0.3 is 0 Å². The van der Waals surface area contributed by atoms with Gasteiger partial charge in [0.1, 0.15) is 17.5 Å². The predicted octanol–water partition coefficient (Wildman–Crippen LogP) is 1.38. The Hall–Kier alpha value is -1.54. The monoisotopic (exact) mass is 261 g/mol. The lowest BCUT2D eigenvalue weighted by atomic mass is 9.96. The van der Waals surface area contributed by atoms with E-state index in [4.69, 9.17) is 0 Å². The maximum atomic E-state index is 9.28. The smallest absolute Gasteiger partial charge is 0.144 e. The van der Waals surface area contributed by atoms with Crippen molar-refractivity contribution >= 4 is 5.82 Å². The zero-order valence-corrected chi connectivity index (χ0v) is 12.3. The van der Waals surface area contributed by atoms with E-state index in [1.807, 2.05) is 18.7 Å². The molecule has 104 valence electrons. The summed E-state index contributed by atoms with van der Waals surface area (Å²) in [4.78, 5) is 4.57. The molecule has 2 heterocycles. The fourth-order valence-corrected chi connectivity index (χ4v) is 2.98. The number of nitriles is 1. The second-order valence-corrected chi connectivity index (χ2v) is 5.71. The van der Waals surface area contributed by atoms with E-state index in [0.29, 0.717) is 0 Å². The molecule has 0 unspecified atom stereocenters. The summed E-state index contributed by atoms with van der Waals surface area (Å²) >= 11 is 0. The normalized spacial score (nSPS) is 16.9. The van der Waals surface area contributed by atoms with Crippen LogP contribution in [0.15, 0.2) is 0 Å². The van der Waals surface area contributed by atoms with Crippen molar-refractivity contribution in [1.29, 1.82) is 5.26 Å². The van der Waals surface area contributed by atoms with Crippen LogP contribution in [0.1, 0.15) is 24.1 Å². The first kappa shape index (κ1) is 13.9. The molecule has 19 heavy (non-hydrogen) atoms. The molecular weight excluding hydrogens is 238 g/mol. The number of anilines is 1. The molecule has 0 bridgehead atoms. The van der Waals surface area contributed by atoms with Gasteiger partial charge in [-0.15, -0.1) is 0 Å². The predicted molar refractivity (Wildman–Crippen MR) is 76.2 cm³/mol. The molecule has 0 spiro atoms. The van der Waals surface area contributed by atoms with E-state index in [2.05, 4.69) is 35.1 Å². The van der Waals surface area contributed by atoms with E-state index >= 15 is 0 Å². The number of aromatic nitrogens is 2. The van der Waals surface area contributed by atoms with E-state index in [-0.39, 0.29) is 0 Å². The van der Waals surface area contributed by atoms with Crippen molar-refractivity contribution in [3.05, 3.63) is 11.3 Å². The van der Waals surface area contributed by atoms with Gasteiger partial charge in [0.05, 0.1) is 5.69 Å². The SMILES string of the molecule is Cc1nn(C)c(N2CCC(CN(C)C)CC2)c1C#N. The third kappa shape index (κ3) is 2.90. The topological polar surface area (TPSA) is 48.1 Å². The van der Waals surface area contributed by atoms with Gasteiger partial charge in [-0.05, 0) is 39.8 Å². The summed E-state index contributed by atoms with van der Waals surface area (Å²) in [7, 11) is 6.18. The molecule has 1 fully saturated rings. The molecule has 1 aromatic heterocycles. The lowest BCUT2D eigenvalue weighted by Gasteiger charge is -2.34. The number of piperidine rings is 1. The van der Waals surface area contributed by atoms with Crippen LogP contribution < -0.4 is 4.90 Å². The van der Waals surface area contributed by atoms with Crippen LogP contribution in [-0.4, -0.2) is 48.4 Å². The Balaban J connectivity index is 2.08. The minimum atomic E-state index is 0.730. The van der Waals surface area contributed by atoms with Gasteiger partial charge in [-0.25, -0.2) is 0 Å². The Labute approximate surface area is 115 Å². The lowest BCUT2D eigenvalue weighted by Crippen LogP contribution is -2.38. The standard InChI is InChI=1S/C14H23N5/c1-11-13(9-15)14(18(4)16-11)19-7-5-12(6-8-19)10-17(2)3/h12H,5-8,10H2,1-4H3. The fraction of sp³-hybridized carbons (Fsp3) is 0.714. The van der Waals surface area contributed by atoms with Crippen molar-refractivity contribution < 1.29 is 0 Å². The molecule has 0 aromatic carbocycles. The number of hydrogen-bond acceptors (Lipinski definition) is 4. The van der Waals surface area contributed by atoms with Gasteiger partial charge in [-0.3, -0.25) is 4.68 Å². The molecule has 0 aliphatic carbocycles. The first-order valence-corrected chi connectivity index (χ1v) is 6.86. The highest BCUT2D eigenvalue weighted by atomic mass is 15.4. The summed E-state index contributed by atoms with van der Waals surface area (Å²) in [6.07, 6.45) is 2.38. The van der Waals surface area contributed by atoms with Crippen LogP contribution in [-0.2, 0) is 7.05 Å². The van der Waals surface area contributed by atoms with Gasteiger partial charge < -0.3 is 9.80 Å². The molecule has 1 aliphatic rings. The second kappa shape index (κ2) is 5.62. The molecule has 5 nitrogen and oxygen atoms in total. The van der Waals surface area contributed by atoms with E-state index in [1.54, 1.807) is 0 Å². The molecule has 1 aromatic rings. The number of aryl methyl sites for hydroxylation is 2. The van der Waals surface area contributed by atoms with Gasteiger partial charge in [0.15, 0.2) is 0 Å². The average Bonchev–Trinajstić information content (AvgIpc) is 2.64. The first-order chi connectivity index (χ1) is 9.02. The van der Waals surface area contributed by atoms with E-state index < -0.39 is 0 Å². The first-order valence-electron chi connectivity index (χ1n) is 6.86. The Morgan fingerprint density at radius 1 is 1.37 bits per heavy atom. The fourth-order valence-electron chi connectivity index (χ4n) is 2.98. The maximum Gasteiger partial charge on any atom is 0.144 e. The minimum absolute atomic E-state index is 0.730. The van der Waals surface area contributed by atoms with Crippen molar-refractivity contribution in [3.8, 4) is 6.07 Å². The van der Waals surface area contributed by atoms with Gasteiger partial charge in [-0.2, -0.15) is 10.4 Å². The number of rotatable bonds is 3. The zero-order chi connectivity index (χ0) is 14.0. The molecule has 2 rings (SSSR count). The van der Waals surface area contributed by atoms with Crippen molar-refractivity contribution in [2.45, 2.75) is 19.8 Å². The van der Waals surface area contributed by atoms with Crippen molar-refractivity contribution in [3.63, 3.8) is 0 Å². The summed E-state index contributed by atoms with van der Waals surface area (Å²) in [6, 6.07) is 2.29. The summed E-state index contributed by atoms with van der Waals surface area (Å²) in [5.41, 5.74) is 1.56. The van der Waals surface area contributed by atoms with Gasteiger partial charge in [-0.1, -0.05) is 0 Å². The van der Waals surface area contributed by atoms with Crippen molar-refractivity contribution in [2.75, 3.05) is 38.6 Å². The zero-order valence-electron chi connectivity index (χ0n) is 12.3. The largest absolute Gasteiger partial charge is 0.356 e. The van der Waals surface area contributed by atoms with Gasteiger partial charge in [0, 0.05) is 26.7 Å². The van der Waals surface area contributed by atoms with Crippen LogP contribution in [0.2, 0.25) is 0 Å². The Bertz CT molecular complexity index is 475. The number of hydrogen-bond donors (Lipinski definition) is 0. The highest BCUT2D eigenvalue weighted by Gasteiger charge is 2.25. The lowest BCUT2D eigenvalue weighted by molar-refractivity contribution is 0.284. The third-order valence-corrected chi connectivity index (χ3v) is 3.84. The Kier molecular flexibility index (Phi) is 4.11. The van der Waals surface area contributed by atoms with Crippen LogP contribution in [0.25, 0.3) is 0 Å². The van der Waals surface area contributed by atoms with Crippen molar-refractivity contribution in [2.24, 2.45) is 13.0 Å². The molecule has 1 saturated heterocycles. The van der Waals surface area contributed by atoms with Crippen LogP contribution in [0.4, 0.5) is 5.82 Å². The maximum absolute atomic E-state index is 9.28. The summed E-state index contributed by atoms with van der Waals surface area (Å²) < 4.78 is 1.85. The van der Waals surface area contributed by atoms with E-state index in [0.717, 1.165) is 42.6 Å². The van der Waals surface area contributed by atoms with Crippen molar-refractivity contribution in [1.82, 2.24) is 14.7 Å². The molecule has 0 N–H and O–H groups in total. The van der Waals surface area contributed by atoms with Crippen LogP contribution >= 0.6 is 0 Å². The summed E-state index contributed by atoms with van der Waals surface area (Å²) in [6.45, 7) is 5.10. The van der Waals surface area contributed by atoms with Gasteiger partial charge in [0.2, 0.25) is 0 Å². The minimum Gasteiger partial charge on any atom is -0.356 e. The van der Waals surface area contributed by atoms with E-state index in [9.17, 15) is 5.26 Å². The molecule has 0 radical (unpaired) electrons. The quantitative estimate of drug-likeness (QED) is 0.824. The van der Waals surface area contributed by atoms with Crippen LogP contribution in [0.5, 0.6) is 0 Å². The summed E-state index contributed by atoms with van der Waals surface area (Å²) in [5.74, 6) is 1.76. The number of nitrogens with zero attached hydrogens (tertiary/aromatic N) is 5. The van der Waals surface area contributed by atoms with E-state index in [1.165, 1.54) is 12.8 Å². The third-order valence-electron chi connectivity index (χ3n) is 3.84. The molecule has 5 heteroatoms. The molecular formula is C14H23N5. The second-order valence-electron chi connectivity index (χ2n) is 5.71.